The van der Waals surface area contributed by atoms with Crippen molar-refractivity contribution in [3.05, 3.63) is 64.1 Å². The fourth-order valence-electron chi connectivity index (χ4n) is 3.66. The van der Waals surface area contributed by atoms with Crippen molar-refractivity contribution in [1.82, 2.24) is 0 Å². The Balaban J connectivity index is 1.97. The van der Waals surface area contributed by atoms with Crippen LogP contribution in [0.2, 0.25) is 0 Å². The third-order valence-corrected chi connectivity index (χ3v) is 5.44. The van der Waals surface area contributed by atoms with Gasteiger partial charge in [0.1, 0.15) is 11.5 Å². The van der Waals surface area contributed by atoms with Crippen LogP contribution >= 0.6 is 15.9 Å². The van der Waals surface area contributed by atoms with Crippen molar-refractivity contribution in [3.8, 4) is 11.5 Å². The molecule has 0 bridgehead atoms. The molecule has 3 aromatic rings. The number of methoxy groups -OCH3 is 2. The highest BCUT2D eigenvalue weighted by Gasteiger charge is 2.30. The number of benzene rings is 3. The predicted molar refractivity (Wildman–Crippen MR) is 106 cm³/mol. The fraction of sp³-hybridized carbons (Fsp3) is 0.190. The van der Waals surface area contributed by atoms with Crippen LogP contribution in [0, 0.1) is 0 Å². The summed E-state index contributed by atoms with van der Waals surface area (Å²) in [4.78, 5) is 12.5. The quantitative estimate of drug-likeness (QED) is 0.652. The molecule has 0 saturated carbocycles. The van der Waals surface area contributed by atoms with Gasteiger partial charge >= 0.3 is 0 Å². The van der Waals surface area contributed by atoms with E-state index in [-0.39, 0.29) is 11.8 Å². The van der Waals surface area contributed by atoms with E-state index in [4.69, 9.17) is 9.47 Å². The van der Waals surface area contributed by atoms with Crippen molar-refractivity contribution >= 4 is 38.3 Å². The number of amides is 1. The Bertz CT molecular complexity index is 1020. The van der Waals surface area contributed by atoms with E-state index >= 15 is 0 Å². The molecule has 1 atom stereocenters. The number of hydrogen-bond donors (Lipinski definition) is 1. The van der Waals surface area contributed by atoms with Crippen molar-refractivity contribution in [2.24, 2.45) is 0 Å². The van der Waals surface area contributed by atoms with Crippen molar-refractivity contribution in [1.29, 1.82) is 0 Å². The van der Waals surface area contributed by atoms with E-state index < -0.39 is 0 Å². The van der Waals surface area contributed by atoms with E-state index in [1.807, 2.05) is 36.4 Å². The zero-order valence-electron chi connectivity index (χ0n) is 14.5. The minimum Gasteiger partial charge on any atom is -0.497 e. The molecule has 0 fully saturated rings. The van der Waals surface area contributed by atoms with Crippen LogP contribution in [0.3, 0.4) is 0 Å². The Morgan fingerprint density at radius 2 is 1.85 bits per heavy atom. The average molecular weight is 412 g/mol. The van der Waals surface area contributed by atoms with E-state index in [1.165, 1.54) is 0 Å². The minimum atomic E-state index is -0.107. The number of carbonyl (C=O) groups excluding carboxylic acids is 1. The molecule has 132 valence electrons. The molecule has 5 heteroatoms. The molecule has 26 heavy (non-hydrogen) atoms. The van der Waals surface area contributed by atoms with Crippen LogP contribution in [0.5, 0.6) is 11.5 Å². The molecule has 4 rings (SSSR count). The maximum Gasteiger partial charge on any atom is 0.225 e. The molecule has 0 spiro atoms. The fourth-order valence-corrected chi connectivity index (χ4v) is 4.28. The molecule has 1 amide bonds. The van der Waals surface area contributed by atoms with Crippen molar-refractivity contribution in [2.75, 3.05) is 19.5 Å². The van der Waals surface area contributed by atoms with Gasteiger partial charge in [0.15, 0.2) is 0 Å². The first-order chi connectivity index (χ1) is 12.6. The zero-order chi connectivity index (χ0) is 18.3. The van der Waals surface area contributed by atoms with Gasteiger partial charge in [-0.1, -0.05) is 36.4 Å². The molecule has 1 aliphatic rings. The summed E-state index contributed by atoms with van der Waals surface area (Å²) in [5.74, 6) is 1.34. The maximum atomic E-state index is 12.5. The summed E-state index contributed by atoms with van der Waals surface area (Å²) in [6.07, 6.45) is 0.362. The van der Waals surface area contributed by atoms with E-state index in [9.17, 15) is 4.79 Å². The Hall–Kier alpha value is -2.53. The smallest absolute Gasteiger partial charge is 0.225 e. The Labute approximate surface area is 160 Å². The van der Waals surface area contributed by atoms with Gasteiger partial charge in [0.25, 0.3) is 0 Å². The summed E-state index contributed by atoms with van der Waals surface area (Å²) in [7, 11) is 3.27. The number of rotatable bonds is 3. The molecule has 1 aliphatic heterocycles. The van der Waals surface area contributed by atoms with E-state index in [1.54, 1.807) is 14.2 Å². The molecule has 0 aliphatic carbocycles. The number of carbonyl (C=O) groups is 1. The van der Waals surface area contributed by atoms with Gasteiger partial charge in [-0.15, -0.1) is 0 Å². The molecular formula is C21H18BrNO3. The van der Waals surface area contributed by atoms with Crippen LogP contribution in [0.4, 0.5) is 5.69 Å². The van der Waals surface area contributed by atoms with Crippen molar-refractivity contribution in [2.45, 2.75) is 12.3 Å². The van der Waals surface area contributed by atoms with E-state index in [2.05, 4.69) is 33.4 Å². The lowest BCUT2D eigenvalue weighted by atomic mass is 9.83. The van der Waals surface area contributed by atoms with Gasteiger partial charge in [0.05, 0.1) is 24.4 Å². The number of ether oxygens (including phenoxy) is 2. The Kier molecular flexibility index (Phi) is 4.32. The van der Waals surface area contributed by atoms with Crippen LogP contribution in [0.25, 0.3) is 10.8 Å². The van der Waals surface area contributed by atoms with Gasteiger partial charge in [-0.25, -0.2) is 0 Å². The lowest BCUT2D eigenvalue weighted by molar-refractivity contribution is -0.116. The monoisotopic (exact) mass is 411 g/mol. The second-order valence-electron chi connectivity index (χ2n) is 6.29. The van der Waals surface area contributed by atoms with Crippen molar-refractivity contribution < 1.29 is 14.3 Å². The van der Waals surface area contributed by atoms with Gasteiger partial charge in [-0.2, -0.15) is 0 Å². The Morgan fingerprint density at radius 1 is 1.04 bits per heavy atom. The first-order valence-electron chi connectivity index (χ1n) is 8.35. The highest BCUT2D eigenvalue weighted by molar-refractivity contribution is 9.10. The summed E-state index contributed by atoms with van der Waals surface area (Å²) in [6, 6.07) is 16.1. The number of halogens is 1. The zero-order valence-corrected chi connectivity index (χ0v) is 16.1. The average Bonchev–Trinajstić information content (AvgIpc) is 2.66. The van der Waals surface area contributed by atoms with Gasteiger partial charge in [0.2, 0.25) is 5.91 Å². The normalized spacial score (nSPS) is 16.1. The second kappa shape index (κ2) is 6.65. The summed E-state index contributed by atoms with van der Waals surface area (Å²) in [5, 5.41) is 5.21. The molecule has 0 unspecified atom stereocenters. The van der Waals surface area contributed by atoms with E-state index in [0.29, 0.717) is 6.42 Å². The third kappa shape index (κ3) is 2.72. The minimum absolute atomic E-state index is 0.000140. The highest BCUT2D eigenvalue weighted by Crippen LogP contribution is 2.46. The first-order valence-corrected chi connectivity index (χ1v) is 9.14. The lowest BCUT2D eigenvalue weighted by Crippen LogP contribution is -2.24. The summed E-state index contributed by atoms with van der Waals surface area (Å²) in [6.45, 7) is 0. The van der Waals surface area contributed by atoms with Crippen LogP contribution < -0.4 is 14.8 Å². The molecule has 3 aromatic carbocycles. The summed E-state index contributed by atoms with van der Waals surface area (Å²) in [5.41, 5.74) is 2.90. The molecular weight excluding hydrogens is 394 g/mol. The largest absolute Gasteiger partial charge is 0.497 e. The number of fused-ring (bicyclic) bond motifs is 3. The van der Waals surface area contributed by atoms with Gasteiger partial charge in [-0.3, -0.25) is 4.79 Å². The van der Waals surface area contributed by atoms with Gasteiger partial charge < -0.3 is 14.8 Å². The van der Waals surface area contributed by atoms with E-state index in [0.717, 1.165) is 43.6 Å². The molecule has 4 nitrogen and oxygen atoms in total. The lowest BCUT2D eigenvalue weighted by Gasteiger charge is -2.29. The van der Waals surface area contributed by atoms with Crippen LogP contribution in [-0.2, 0) is 4.79 Å². The second-order valence-corrected chi connectivity index (χ2v) is 7.14. The molecule has 1 heterocycles. The third-order valence-electron chi connectivity index (χ3n) is 4.85. The van der Waals surface area contributed by atoms with Crippen LogP contribution in [0.1, 0.15) is 23.5 Å². The number of hydrogen-bond acceptors (Lipinski definition) is 3. The Morgan fingerprint density at radius 3 is 2.62 bits per heavy atom. The molecule has 0 radical (unpaired) electrons. The maximum absolute atomic E-state index is 12.5. The number of anilines is 1. The van der Waals surface area contributed by atoms with Gasteiger partial charge in [0, 0.05) is 23.3 Å². The predicted octanol–water partition coefficient (Wildman–Crippen LogP) is 5.09. The van der Waals surface area contributed by atoms with Gasteiger partial charge in [-0.05, 0) is 39.0 Å². The van der Waals surface area contributed by atoms with Crippen molar-refractivity contribution in [3.63, 3.8) is 0 Å². The molecule has 0 saturated heterocycles. The van der Waals surface area contributed by atoms with Crippen LogP contribution in [0.15, 0.2) is 53.0 Å². The van der Waals surface area contributed by atoms with Crippen LogP contribution in [-0.4, -0.2) is 20.1 Å². The highest BCUT2D eigenvalue weighted by atomic mass is 79.9. The SMILES string of the molecule is COc1cc(Br)c(OC)c([C@H]2CC(=O)Nc3c2ccc2ccccc32)c1. The summed E-state index contributed by atoms with van der Waals surface area (Å²) < 4.78 is 11.9. The first kappa shape index (κ1) is 16.9. The standard InChI is InChI=1S/C21H18BrNO3/c1-25-13-9-17(21(26-2)18(22)10-13)16-11-19(24)23-20-14-6-4-3-5-12(14)7-8-15(16)20/h3-10,16H,11H2,1-2H3,(H,23,24)/t16-/m0/s1. The number of nitrogens with one attached hydrogen (secondary N) is 1. The summed E-state index contributed by atoms with van der Waals surface area (Å²) >= 11 is 3.55. The molecule has 0 aromatic heterocycles. The molecule has 1 N–H and O–H groups in total. The topological polar surface area (TPSA) is 47.6 Å².